The van der Waals surface area contributed by atoms with Gasteiger partial charge in [0, 0.05) is 36.3 Å². The molecule has 3 heterocycles. The minimum atomic E-state index is -4.22. The lowest BCUT2D eigenvalue weighted by Gasteiger charge is -2.18. The van der Waals surface area contributed by atoms with Crippen molar-refractivity contribution < 1.29 is 18.7 Å². The minimum Gasteiger partial charge on any atom is -0.350 e. The van der Waals surface area contributed by atoms with Crippen molar-refractivity contribution in [2.24, 2.45) is 5.11 Å². The number of hydrogen-bond donors (Lipinski definition) is 4. The molecule has 4 atom stereocenters. The molecule has 154 valence electrons. The zero-order valence-corrected chi connectivity index (χ0v) is 16.2. The number of aromatic nitrogens is 3. The van der Waals surface area contributed by atoms with Gasteiger partial charge in [0.15, 0.2) is 6.04 Å². The van der Waals surface area contributed by atoms with Gasteiger partial charge in [0.25, 0.3) is 5.56 Å². The van der Waals surface area contributed by atoms with E-state index >= 15 is 0 Å². The molecule has 14 heteroatoms. The molecule has 0 amide bonds. The zero-order chi connectivity index (χ0) is 21.0. The van der Waals surface area contributed by atoms with E-state index in [2.05, 4.69) is 25.1 Å². The molecule has 0 bridgehead atoms. The third-order valence-corrected chi connectivity index (χ3v) is 5.27. The molecule has 1 saturated heterocycles. The second kappa shape index (κ2) is 8.60. The van der Waals surface area contributed by atoms with Gasteiger partial charge in [0.05, 0.1) is 6.61 Å². The summed E-state index contributed by atoms with van der Waals surface area (Å²) in [6.07, 6.45) is 2.76. The predicted molar refractivity (Wildman–Crippen MR) is 99.3 cm³/mol. The number of pyridine rings is 1. The van der Waals surface area contributed by atoms with E-state index in [0.717, 1.165) is 0 Å². The molecule has 0 aliphatic carbocycles. The highest BCUT2D eigenvalue weighted by atomic mass is 31.2. The maximum atomic E-state index is 12.3. The first kappa shape index (κ1) is 20.8. The van der Waals surface area contributed by atoms with Crippen LogP contribution in [0.5, 0.6) is 0 Å². The fourth-order valence-corrected chi connectivity index (χ4v) is 3.72. The lowest BCUT2D eigenvalue weighted by atomic mass is 10.1. The van der Waals surface area contributed by atoms with Crippen molar-refractivity contribution in [1.82, 2.24) is 19.4 Å². The van der Waals surface area contributed by atoms with E-state index < -0.39 is 37.4 Å². The van der Waals surface area contributed by atoms with Crippen LogP contribution in [0.15, 0.2) is 45.4 Å². The molecule has 2 aromatic heterocycles. The Morgan fingerprint density at radius 2 is 2.24 bits per heavy atom. The van der Waals surface area contributed by atoms with E-state index in [1.807, 2.05) is 0 Å². The van der Waals surface area contributed by atoms with Gasteiger partial charge in [-0.25, -0.2) is 9.36 Å². The topological polar surface area (TPSA) is 186 Å². The standard InChI is InChI=1S/C15H18N7O6P/c1-9-7-22(15(24)18-14(9)23)13-6-11(19-21-16)12(28-13)8-27-29(25,26)20-10-2-4-17-5-3-10/h2-5,7,11-13,16H,6,8H2,1H3,(H2-,17,18,20,23,24,25,26)/p+1. The molecule has 1 aliphatic heterocycles. The molecule has 3 rings (SSSR count). The van der Waals surface area contributed by atoms with Gasteiger partial charge < -0.3 is 9.63 Å². The van der Waals surface area contributed by atoms with Crippen molar-refractivity contribution in [3.05, 3.63) is 57.1 Å². The summed E-state index contributed by atoms with van der Waals surface area (Å²) in [5, 5.41) is 6.10. The summed E-state index contributed by atoms with van der Waals surface area (Å²) in [4.78, 5) is 42.6. The Bertz CT molecular complexity index is 1080. The lowest BCUT2D eigenvalue weighted by molar-refractivity contribution is -0.0240. The number of anilines is 1. The van der Waals surface area contributed by atoms with Crippen molar-refractivity contribution in [1.29, 1.82) is 5.53 Å². The third-order valence-electron chi connectivity index (χ3n) is 4.23. The van der Waals surface area contributed by atoms with Crippen LogP contribution in [0.25, 0.3) is 0 Å². The average Bonchev–Trinajstić information content (AvgIpc) is 3.06. The number of aryl methyl sites for hydroxylation is 1. The quantitative estimate of drug-likeness (QED) is 0.284. The molecule has 29 heavy (non-hydrogen) atoms. The third kappa shape index (κ3) is 5.11. The van der Waals surface area contributed by atoms with E-state index in [-0.39, 0.29) is 13.0 Å². The van der Waals surface area contributed by atoms with Crippen LogP contribution in [0.3, 0.4) is 0 Å². The van der Waals surface area contributed by atoms with E-state index in [4.69, 9.17) is 14.8 Å². The Hall–Kier alpha value is -2.95. The molecule has 13 nitrogen and oxygen atoms in total. The first-order valence-electron chi connectivity index (χ1n) is 8.49. The SMILES string of the molecule is Cc1cn(C2CC(N=[N+]=N)C(COP(=O)(O)Nc3ccncc3)O2)c(=O)[nH]c1=O. The van der Waals surface area contributed by atoms with E-state index in [9.17, 15) is 19.0 Å². The van der Waals surface area contributed by atoms with Crippen molar-refractivity contribution in [2.75, 3.05) is 11.7 Å². The summed E-state index contributed by atoms with van der Waals surface area (Å²) in [6, 6.07) is 2.31. The number of rotatable bonds is 7. The van der Waals surface area contributed by atoms with Crippen molar-refractivity contribution in [3.63, 3.8) is 0 Å². The number of nitrogens with one attached hydrogen (secondary N) is 3. The summed E-state index contributed by atoms with van der Waals surface area (Å²) in [5.74, 6) is 0. The largest absolute Gasteiger partial charge is 0.430 e. The Morgan fingerprint density at radius 1 is 1.52 bits per heavy atom. The maximum Gasteiger partial charge on any atom is 0.430 e. The molecule has 1 fully saturated rings. The predicted octanol–water partition coefficient (Wildman–Crippen LogP) is 0.676. The lowest BCUT2D eigenvalue weighted by Crippen LogP contribution is -2.33. The number of hydrogen-bond acceptors (Lipinski definition) is 8. The number of nitrogens with zero attached hydrogens (tertiary/aromatic N) is 4. The highest BCUT2D eigenvalue weighted by Gasteiger charge is 2.41. The van der Waals surface area contributed by atoms with Crippen LogP contribution in [-0.4, -0.2) is 38.2 Å². The molecule has 2 aromatic rings. The van der Waals surface area contributed by atoms with Crippen LogP contribution < -0.4 is 21.2 Å². The van der Waals surface area contributed by atoms with E-state index in [1.54, 1.807) is 0 Å². The molecular formula is C15H19N7O6P+. The van der Waals surface area contributed by atoms with E-state index in [0.29, 0.717) is 11.3 Å². The number of ether oxygens (including phenoxy) is 1. The number of H-pyrrole nitrogens is 1. The van der Waals surface area contributed by atoms with Crippen LogP contribution in [0.1, 0.15) is 18.2 Å². The first-order chi connectivity index (χ1) is 13.8. The van der Waals surface area contributed by atoms with Crippen LogP contribution >= 0.6 is 7.75 Å². The molecule has 0 radical (unpaired) electrons. The Labute approximate surface area is 163 Å². The number of aromatic amines is 1. The van der Waals surface area contributed by atoms with Gasteiger partial charge in [-0.2, -0.15) is 0 Å². The first-order valence-corrected chi connectivity index (χ1v) is 10.1. The highest BCUT2D eigenvalue weighted by molar-refractivity contribution is 7.54. The highest BCUT2D eigenvalue weighted by Crippen LogP contribution is 2.43. The summed E-state index contributed by atoms with van der Waals surface area (Å²) in [6.45, 7) is 1.20. The average molecular weight is 424 g/mol. The Balaban J connectivity index is 1.72. The minimum absolute atomic E-state index is 0.162. The molecule has 1 aliphatic rings. The van der Waals surface area contributed by atoms with Gasteiger partial charge in [0.2, 0.25) is 4.91 Å². The zero-order valence-electron chi connectivity index (χ0n) is 15.3. The van der Waals surface area contributed by atoms with Crippen molar-refractivity contribution in [2.45, 2.75) is 31.7 Å². The maximum absolute atomic E-state index is 12.3. The normalized spacial score (nSPS) is 23.2. The van der Waals surface area contributed by atoms with Crippen molar-refractivity contribution >= 4 is 13.4 Å². The van der Waals surface area contributed by atoms with Crippen molar-refractivity contribution in [3.8, 4) is 0 Å². The molecule has 0 aromatic carbocycles. The summed E-state index contributed by atoms with van der Waals surface area (Å²) in [5.41, 5.74) is 6.44. The van der Waals surface area contributed by atoms with Gasteiger partial charge in [-0.1, -0.05) is 0 Å². The molecular weight excluding hydrogens is 405 g/mol. The fraction of sp³-hybridized carbons (Fsp3) is 0.400. The smallest absolute Gasteiger partial charge is 0.350 e. The molecule has 0 saturated carbocycles. The summed E-state index contributed by atoms with van der Waals surface area (Å²) >= 11 is 0. The van der Waals surface area contributed by atoms with Crippen LogP contribution in [0, 0.1) is 12.5 Å². The summed E-state index contributed by atoms with van der Waals surface area (Å²) < 4.78 is 24.3. The van der Waals surface area contributed by atoms with Gasteiger partial charge in [-0.05, 0) is 19.1 Å². The van der Waals surface area contributed by atoms with Crippen LogP contribution in [-0.2, 0) is 13.8 Å². The van der Waals surface area contributed by atoms with Gasteiger partial charge >= 0.3 is 13.4 Å². The molecule has 0 spiro atoms. The Morgan fingerprint density at radius 3 is 2.93 bits per heavy atom. The second-order valence-electron chi connectivity index (χ2n) is 6.29. The monoisotopic (exact) mass is 424 g/mol. The van der Waals surface area contributed by atoms with Crippen LogP contribution in [0.2, 0.25) is 0 Å². The Kier molecular flexibility index (Phi) is 6.16. The fourth-order valence-electron chi connectivity index (χ4n) is 2.83. The second-order valence-corrected chi connectivity index (χ2v) is 7.81. The molecule has 4 N–H and O–H groups in total. The van der Waals surface area contributed by atoms with Gasteiger partial charge in [0.1, 0.15) is 23.0 Å². The van der Waals surface area contributed by atoms with E-state index in [1.165, 1.54) is 42.2 Å². The van der Waals surface area contributed by atoms with Crippen LogP contribution in [0.4, 0.5) is 5.69 Å². The summed E-state index contributed by atoms with van der Waals surface area (Å²) in [7, 11) is -4.22. The van der Waals surface area contributed by atoms with Gasteiger partial charge in [-0.15, -0.1) is 0 Å². The molecule has 4 unspecified atom stereocenters. The van der Waals surface area contributed by atoms with Gasteiger partial charge in [-0.3, -0.25) is 28.9 Å².